The van der Waals surface area contributed by atoms with Crippen LogP contribution < -0.4 is 15.8 Å². The van der Waals surface area contributed by atoms with Gasteiger partial charge in [-0.15, -0.1) is 0 Å². The molecule has 0 aliphatic heterocycles. The van der Waals surface area contributed by atoms with Gasteiger partial charge in [0.05, 0.1) is 5.56 Å². The SMILES string of the molecule is CN(CCCNC(=O)Cn1cc(C(F)(F)F)ccc1=O)c1ccccc1. The molecule has 1 amide bonds. The van der Waals surface area contributed by atoms with Gasteiger partial charge in [-0.1, -0.05) is 18.2 Å². The molecule has 0 spiro atoms. The van der Waals surface area contributed by atoms with Gasteiger partial charge in [-0.05, 0) is 24.6 Å². The maximum absolute atomic E-state index is 12.7. The van der Waals surface area contributed by atoms with Crippen molar-refractivity contribution in [3.05, 3.63) is 64.6 Å². The van der Waals surface area contributed by atoms with E-state index in [-0.39, 0.29) is 0 Å². The lowest BCUT2D eigenvalue weighted by Gasteiger charge is -2.19. The topological polar surface area (TPSA) is 54.3 Å². The molecule has 0 saturated heterocycles. The number of hydrogen-bond donors (Lipinski definition) is 1. The van der Waals surface area contributed by atoms with Crippen molar-refractivity contribution >= 4 is 11.6 Å². The molecule has 1 heterocycles. The van der Waals surface area contributed by atoms with Crippen molar-refractivity contribution in [3.63, 3.8) is 0 Å². The Bertz CT molecular complexity index is 788. The molecule has 0 saturated carbocycles. The van der Waals surface area contributed by atoms with Crippen LogP contribution in [0.5, 0.6) is 0 Å². The molecule has 1 aromatic carbocycles. The normalized spacial score (nSPS) is 11.2. The van der Waals surface area contributed by atoms with Crippen LogP contribution in [0, 0.1) is 0 Å². The van der Waals surface area contributed by atoms with E-state index in [2.05, 4.69) is 5.32 Å². The lowest BCUT2D eigenvalue weighted by atomic mass is 10.2. The fourth-order valence-corrected chi connectivity index (χ4v) is 2.39. The second-order valence-corrected chi connectivity index (χ2v) is 5.84. The van der Waals surface area contributed by atoms with Crippen LogP contribution in [0.1, 0.15) is 12.0 Å². The van der Waals surface area contributed by atoms with Gasteiger partial charge in [0.2, 0.25) is 5.91 Å². The van der Waals surface area contributed by atoms with Gasteiger partial charge in [0.25, 0.3) is 5.56 Å². The van der Waals surface area contributed by atoms with E-state index in [1.54, 1.807) is 0 Å². The summed E-state index contributed by atoms with van der Waals surface area (Å²) in [5, 5.41) is 2.62. The van der Waals surface area contributed by atoms with Crippen LogP contribution in [-0.2, 0) is 17.5 Å². The molecular formula is C18H20F3N3O2. The number of alkyl halides is 3. The van der Waals surface area contributed by atoms with Gasteiger partial charge in [-0.3, -0.25) is 9.59 Å². The minimum absolute atomic E-state index is 0.365. The van der Waals surface area contributed by atoms with E-state index < -0.39 is 29.8 Å². The van der Waals surface area contributed by atoms with Crippen LogP contribution in [0.25, 0.3) is 0 Å². The molecule has 0 unspecified atom stereocenters. The standard InChI is InChI=1S/C18H20F3N3O2/c1-23(15-6-3-2-4-7-15)11-5-10-22-16(25)13-24-12-14(18(19,20)21)8-9-17(24)26/h2-4,6-9,12H,5,10-11,13H2,1H3,(H,22,25). The maximum Gasteiger partial charge on any atom is 0.417 e. The zero-order valence-corrected chi connectivity index (χ0v) is 14.3. The molecule has 0 aliphatic rings. The fraction of sp³-hybridized carbons (Fsp3) is 0.333. The zero-order chi connectivity index (χ0) is 19.2. The molecule has 1 aromatic heterocycles. The van der Waals surface area contributed by atoms with Crippen LogP contribution >= 0.6 is 0 Å². The first-order valence-electron chi connectivity index (χ1n) is 8.08. The van der Waals surface area contributed by atoms with Gasteiger partial charge in [-0.2, -0.15) is 13.2 Å². The highest BCUT2D eigenvalue weighted by molar-refractivity contribution is 5.75. The first-order valence-corrected chi connectivity index (χ1v) is 8.08. The molecule has 5 nitrogen and oxygen atoms in total. The van der Waals surface area contributed by atoms with Crippen LogP contribution in [0.2, 0.25) is 0 Å². The second kappa shape index (κ2) is 8.55. The number of carbonyl (C=O) groups is 1. The summed E-state index contributed by atoms with van der Waals surface area (Å²) in [5.41, 5.74) is -0.569. The van der Waals surface area contributed by atoms with Gasteiger partial charge in [0.15, 0.2) is 0 Å². The van der Waals surface area contributed by atoms with Crippen molar-refractivity contribution in [3.8, 4) is 0 Å². The molecule has 0 bridgehead atoms. The summed E-state index contributed by atoms with van der Waals surface area (Å²) >= 11 is 0. The smallest absolute Gasteiger partial charge is 0.375 e. The first kappa shape index (κ1) is 19.6. The summed E-state index contributed by atoms with van der Waals surface area (Å²) in [6.45, 7) is 0.620. The van der Waals surface area contributed by atoms with Crippen molar-refractivity contribution in [2.75, 3.05) is 25.0 Å². The summed E-state index contributed by atoms with van der Waals surface area (Å²) < 4.78 is 38.8. The van der Waals surface area contributed by atoms with Crippen molar-refractivity contribution < 1.29 is 18.0 Å². The summed E-state index contributed by atoms with van der Waals surface area (Å²) in [6, 6.07) is 11.2. The summed E-state index contributed by atoms with van der Waals surface area (Å²) in [7, 11) is 1.93. The van der Waals surface area contributed by atoms with Crippen LogP contribution in [0.4, 0.5) is 18.9 Å². The molecular weight excluding hydrogens is 347 g/mol. The van der Waals surface area contributed by atoms with E-state index in [0.29, 0.717) is 31.8 Å². The van der Waals surface area contributed by atoms with Crippen LogP contribution in [-0.4, -0.2) is 30.6 Å². The maximum atomic E-state index is 12.7. The Labute approximate surface area is 149 Å². The number of anilines is 1. The van der Waals surface area contributed by atoms with E-state index in [4.69, 9.17) is 0 Å². The highest BCUT2D eigenvalue weighted by atomic mass is 19.4. The number of rotatable bonds is 7. The van der Waals surface area contributed by atoms with E-state index in [1.165, 1.54) is 0 Å². The van der Waals surface area contributed by atoms with E-state index in [1.807, 2.05) is 42.3 Å². The largest absolute Gasteiger partial charge is 0.417 e. The second-order valence-electron chi connectivity index (χ2n) is 5.84. The number of hydrogen-bond acceptors (Lipinski definition) is 3. The molecule has 140 valence electrons. The lowest BCUT2D eigenvalue weighted by Crippen LogP contribution is -2.34. The van der Waals surface area contributed by atoms with Gasteiger partial charge >= 0.3 is 6.18 Å². The molecule has 2 rings (SSSR count). The number of nitrogens with zero attached hydrogens (tertiary/aromatic N) is 2. The highest BCUT2D eigenvalue weighted by Crippen LogP contribution is 2.27. The number of pyridine rings is 1. The number of nitrogens with one attached hydrogen (secondary N) is 1. The summed E-state index contributed by atoms with van der Waals surface area (Å²) in [4.78, 5) is 25.5. The van der Waals surface area contributed by atoms with Crippen molar-refractivity contribution in [2.45, 2.75) is 19.1 Å². The third-order valence-electron chi connectivity index (χ3n) is 3.81. The number of aromatic nitrogens is 1. The van der Waals surface area contributed by atoms with Crippen LogP contribution in [0.3, 0.4) is 0 Å². The minimum Gasteiger partial charge on any atom is -0.375 e. The Morgan fingerprint density at radius 1 is 1.15 bits per heavy atom. The van der Waals surface area contributed by atoms with Crippen molar-refractivity contribution in [2.24, 2.45) is 0 Å². The summed E-state index contributed by atoms with van der Waals surface area (Å²) in [5.74, 6) is -0.506. The van der Waals surface area contributed by atoms with Crippen LogP contribution in [0.15, 0.2) is 53.5 Å². The average molecular weight is 367 g/mol. The quantitative estimate of drug-likeness (QED) is 0.765. The first-order chi connectivity index (χ1) is 12.3. The van der Waals surface area contributed by atoms with E-state index >= 15 is 0 Å². The molecule has 2 aromatic rings. The van der Waals surface area contributed by atoms with Crippen molar-refractivity contribution in [1.29, 1.82) is 0 Å². The monoisotopic (exact) mass is 367 g/mol. The predicted octanol–water partition coefficient (Wildman–Crippen LogP) is 2.51. The number of amides is 1. The van der Waals surface area contributed by atoms with Gasteiger partial charge < -0.3 is 14.8 Å². The number of para-hydroxylation sites is 1. The number of carbonyl (C=O) groups excluding carboxylic acids is 1. The highest BCUT2D eigenvalue weighted by Gasteiger charge is 2.31. The Morgan fingerprint density at radius 2 is 1.85 bits per heavy atom. The van der Waals surface area contributed by atoms with Gasteiger partial charge in [-0.25, -0.2) is 0 Å². The minimum atomic E-state index is -4.56. The van der Waals surface area contributed by atoms with E-state index in [0.717, 1.165) is 16.3 Å². The van der Waals surface area contributed by atoms with Crippen molar-refractivity contribution in [1.82, 2.24) is 9.88 Å². The Hall–Kier alpha value is -2.77. The fourth-order valence-electron chi connectivity index (χ4n) is 2.39. The summed E-state index contributed by atoms with van der Waals surface area (Å²) in [6.07, 6.45) is -3.24. The molecule has 0 radical (unpaired) electrons. The predicted molar refractivity (Wildman–Crippen MR) is 93.0 cm³/mol. The van der Waals surface area contributed by atoms with E-state index in [9.17, 15) is 22.8 Å². The molecule has 1 N–H and O–H groups in total. The molecule has 0 aliphatic carbocycles. The Kier molecular flexibility index (Phi) is 6.43. The Morgan fingerprint density at radius 3 is 2.50 bits per heavy atom. The van der Waals surface area contributed by atoms with Gasteiger partial charge in [0.1, 0.15) is 6.54 Å². The molecule has 0 atom stereocenters. The molecule has 8 heteroatoms. The molecule has 0 fully saturated rings. The number of halogens is 3. The third kappa shape index (κ3) is 5.65. The Balaban J connectivity index is 1.81. The van der Waals surface area contributed by atoms with Gasteiger partial charge in [0, 0.05) is 38.1 Å². The lowest BCUT2D eigenvalue weighted by molar-refractivity contribution is -0.138. The average Bonchev–Trinajstić information content (AvgIpc) is 2.60. The molecule has 26 heavy (non-hydrogen) atoms. The third-order valence-corrected chi connectivity index (χ3v) is 3.81. The number of benzene rings is 1. The zero-order valence-electron chi connectivity index (χ0n) is 14.3.